The SMILES string of the molecule is C=C=C(S)C=C=C=CCC. The van der Waals surface area contributed by atoms with Gasteiger partial charge in [-0.2, -0.15) is 0 Å². The predicted molar refractivity (Wildman–Crippen MR) is 48.1 cm³/mol. The van der Waals surface area contributed by atoms with E-state index >= 15 is 0 Å². The van der Waals surface area contributed by atoms with Crippen molar-refractivity contribution in [3.05, 3.63) is 40.8 Å². The molecule has 0 aromatic rings. The van der Waals surface area contributed by atoms with Gasteiger partial charge in [-0.3, -0.25) is 0 Å². The lowest BCUT2D eigenvalue weighted by atomic mass is 10.4. The van der Waals surface area contributed by atoms with Crippen LogP contribution in [0.3, 0.4) is 0 Å². The molecule has 0 rings (SSSR count). The summed E-state index contributed by atoms with van der Waals surface area (Å²) in [6, 6.07) is 0. The highest BCUT2D eigenvalue weighted by Gasteiger charge is 1.70. The first kappa shape index (κ1) is 9.17. The van der Waals surface area contributed by atoms with Crippen LogP contribution in [0.15, 0.2) is 40.8 Å². The van der Waals surface area contributed by atoms with E-state index in [9.17, 15) is 0 Å². The molecule has 1 heteroatoms. The third-order valence-corrected chi connectivity index (χ3v) is 1.07. The van der Waals surface area contributed by atoms with Crippen molar-refractivity contribution in [2.45, 2.75) is 13.3 Å². The van der Waals surface area contributed by atoms with Crippen molar-refractivity contribution in [3.8, 4) is 0 Å². The van der Waals surface area contributed by atoms with Crippen molar-refractivity contribution in [2.24, 2.45) is 0 Å². The number of allylic oxidation sites excluding steroid dienone is 2. The van der Waals surface area contributed by atoms with Crippen LogP contribution < -0.4 is 0 Å². The molecule has 0 saturated carbocycles. The van der Waals surface area contributed by atoms with Crippen LogP contribution in [0.2, 0.25) is 0 Å². The van der Waals surface area contributed by atoms with Gasteiger partial charge in [0.25, 0.3) is 0 Å². The standard InChI is InChI=1S/C9H10S/c1-3-5-6-7-8-9(10)4-2/h5,8,10H,2-3H2,1H3. The minimum Gasteiger partial charge on any atom is -0.135 e. The fourth-order valence-corrected chi connectivity index (χ4v) is 0.387. The number of thiol groups is 1. The summed E-state index contributed by atoms with van der Waals surface area (Å²) in [4.78, 5) is 0.678. The molecule has 0 saturated heterocycles. The lowest BCUT2D eigenvalue weighted by Crippen LogP contribution is -1.50. The second kappa shape index (κ2) is 6.29. The maximum absolute atomic E-state index is 4.00. The van der Waals surface area contributed by atoms with Gasteiger partial charge in [0, 0.05) is 6.08 Å². The van der Waals surface area contributed by atoms with Crippen molar-refractivity contribution in [1.82, 2.24) is 0 Å². The van der Waals surface area contributed by atoms with Crippen molar-refractivity contribution in [3.63, 3.8) is 0 Å². The van der Waals surface area contributed by atoms with Crippen molar-refractivity contribution in [1.29, 1.82) is 0 Å². The Morgan fingerprint density at radius 1 is 1.60 bits per heavy atom. The van der Waals surface area contributed by atoms with E-state index in [0.717, 1.165) is 6.42 Å². The van der Waals surface area contributed by atoms with E-state index in [0.29, 0.717) is 4.91 Å². The molecule has 0 aliphatic carbocycles. The monoisotopic (exact) mass is 150 g/mol. The van der Waals surface area contributed by atoms with Crippen molar-refractivity contribution >= 4 is 12.6 Å². The van der Waals surface area contributed by atoms with Crippen LogP contribution in [0, 0.1) is 0 Å². The molecule has 0 aromatic carbocycles. The van der Waals surface area contributed by atoms with E-state index < -0.39 is 0 Å². The summed E-state index contributed by atoms with van der Waals surface area (Å²) in [5.74, 6) is 0. The van der Waals surface area contributed by atoms with Gasteiger partial charge in [-0.1, -0.05) is 25.0 Å². The van der Waals surface area contributed by atoms with Gasteiger partial charge >= 0.3 is 0 Å². The van der Waals surface area contributed by atoms with E-state index in [2.05, 4.69) is 36.4 Å². The van der Waals surface area contributed by atoms with Crippen LogP contribution in [-0.2, 0) is 0 Å². The fraction of sp³-hybridized carbons (Fsp3) is 0.222. The van der Waals surface area contributed by atoms with E-state index in [1.165, 1.54) is 0 Å². The maximum Gasteiger partial charge on any atom is 0.0539 e. The highest BCUT2D eigenvalue weighted by atomic mass is 32.1. The molecular weight excluding hydrogens is 140 g/mol. The van der Waals surface area contributed by atoms with Gasteiger partial charge in [0.1, 0.15) is 0 Å². The van der Waals surface area contributed by atoms with Crippen LogP contribution in [-0.4, -0.2) is 0 Å². The molecule has 52 valence electrons. The van der Waals surface area contributed by atoms with Gasteiger partial charge in [-0.25, -0.2) is 0 Å². The molecule has 0 heterocycles. The van der Waals surface area contributed by atoms with Crippen LogP contribution in [0.25, 0.3) is 0 Å². The van der Waals surface area contributed by atoms with Crippen LogP contribution in [0.1, 0.15) is 13.3 Å². The predicted octanol–water partition coefficient (Wildman–Crippen LogP) is 2.86. The van der Waals surface area contributed by atoms with E-state index in [1.807, 2.05) is 13.0 Å². The molecule has 0 aliphatic rings. The second-order valence-electron chi connectivity index (χ2n) is 1.61. The van der Waals surface area contributed by atoms with Crippen LogP contribution in [0.5, 0.6) is 0 Å². The molecular formula is C9H10S. The third kappa shape index (κ3) is 5.31. The topological polar surface area (TPSA) is 0 Å². The maximum atomic E-state index is 4.00. The summed E-state index contributed by atoms with van der Waals surface area (Å²) in [6.45, 7) is 5.45. The second-order valence-corrected chi connectivity index (χ2v) is 2.09. The smallest absolute Gasteiger partial charge is 0.0539 e. The summed E-state index contributed by atoms with van der Waals surface area (Å²) >= 11 is 4.00. The van der Waals surface area contributed by atoms with Crippen molar-refractivity contribution < 1.29 is 0 Å². The molecule has 0 fully saturated rings. The number of hydrogen-bond acceptors (Lipinski definition) is 1. The third-order valence-electron chi connectivity index (χ3n) is 0.780. The van der Waals surface area contributed by atoms with Gasteiger partial charge in [0.15, 0.2) is 0 Å². The van der Waals surface area contributed by atoms with Gasteiger partial charge in [-0.15, -0.1) is 18.4 Å². The average molecular weight is 150 g/mol. The molecule has 10 heavy (non-hydrogen) atoms. The van der Waals surface area contributed by atoms with E-state index in [1.54, 1.807) is 6.08 Å². The molecule has 0 aliphatic heterocycles. The summed E-state index contributed by atoms with van der Waals surface area (Å²) in [5.41, 5.74) is 8.22. The van der Waals surface area contributed by atoms with Crippen LogP contribution in [0.4, 0.5) is 0 Å². The zero-order valence-electron chi connectivity index (χ0n) is 6.02. The Labute approximate surface area is 67.4 Å². The van der Waals surface area contributed by atoms with E-state index in [-0.39, 0.29) is 0 Å². The Bertz CT molecular complexity index is 229. The zero-order valence-corrected chi connectivity index (χ0v) is 6.91. The first-order valence-corrected chi connectivity index (χ1v) is 3.51. The average Bonchev–Trinajstić information content (AvgIpc) is 1.98. The quantitative estimate of drug-likeness (QED) is 0.349. The number of rotatable bonds is 2. The molecule has 0 radical (unpaired) electrons. The zero-order chi connectivity index (χ0) is 7.82. The Kier molecular flexibility index (Phi) is 5.77. The first-order chi connectivity index (χ1) is 4.81. The molecule has 0 bridgehead atoms. The normalized spacial score (nSPS) is 6.60. The molecule has 0 aromatic heterocycles. The molecule has 0 unspecified atom stereocenters. The highest BCUT2D eigenvalue weighted by molar-refractivity contribution is 7.84. The summed E-state index contributed by atoms with van der Waals surface area (Å²) in [5, 5.41) is 0. The minimum atomic E-state index is 0.678. The van der Waals surface area contributed by atoms with Gasteiger partial charge in [0.2, 0.25) is 0 Å². The minimum absolute atomic E-state index is 0.678. The molecule has 0 N–H and O–H groups in total. The van der Waals surface area contributed by atoms with Crippen molar-refractivity contribution in [2.75, 3.05) is 0 Å². The van der Waals surface area contributed by atoms with Gasteiger partial charge < -0.3 is 0 Å². The summed E-state index contributed by atoms with van der Waals surface area (Å²) in [6.07, 6.45) is 4.53. The van der Waals surface area contributed by atoms with Crippen LogP contribution >= 0.6 is 12.6 Å². The summed E-state index contributed by atoms with van der Waals surface area (Å²) < 4.78 is 0. The highest BCUT2D eigenvalue weighted by Crippen LogP contribution is 1.95. The Hall–Kier alpha value is -0.830. The Morgan fingerprint density at radius 2 is 2.30 bits per heavy atom. The Balaban J connectivity index is 4.25. The molecule has 0 atom stereocenters. The largest absolute Gasteiger partial charge is 0.135 e. The lowest BCUT2D eigenvalue weighted by Gasteiger charge is -1.72. The van der Waals surface area contributed by atoms with Gasteiger partial charge in [-0.05, 0) is 12.5 Å². The van der Waals surface area contributed by atoms with E-state index in [4.69, 9.17) is 0 Å². The molecule has 0 amide bonds. The lowest BCUT2D eigenvalue weighted by molar-refractivity contribution is 1.23. The van der Waals surface area contributed by atoms with Gasteiger partial charge in [0.05, 0.1) is 4.91 Å². The molecule has 0 nitrogen and oxygen atoms in total. The summed E-state index contributed by atoms with van der Waals surface area (Å²) in [7, 11) is 0. The number of hydrogen-bond donors (Lipinski definition) is 1. The fourth-order valence-electron chi connectivity index (χ4n) is 0.322. The molecule has 0 spiro atoms. The first-order valence-electron chi connectivity index (χ1n) is 3.06. The Morgan fingerprint density at radius 3 is 2.80 bits per heavy atom.